The Labute approximate surface area is 160 Å². The molecule has 1 saturated carbocycles. The molecule has 2 unspecified atom stereocenters. The minimum absolute atomic E-state index is 0.280. The highest BCUT2D eigenvalue weighted by molar-refractivity contribution is 5.90. The first-order chi connectivity index (χ1) is 13.0. The van der Waals surface area contributed by atoms with Crippen LogP contribution in [-0.2, 0) is 20.7 Å². The Bertz CT molecular complexity index is 799. The van der Waals surface area contributed by atoms with E-state index in [2.05, 4.69) is 0 Å². The van der Waals surface area contributed by atoms with Crippen LogP contribution >= 0.6 is 0 Å². The van der Waals surface area contributed by atoms with E-state index >= 15 is 0 Å². The number of ether oxygens (including phenoxy) is 2. The summed E-state index contributed by atoms with van der Waals surface area (Å²) in [6, 6.07) is 17.4. The Morgan fingerprint density at radius 3 is 2.59 bits per heavy atom. The fourth-order valence-electron chi connectivity index (χ4n) is 4.02. The summed E-state index contributed by atoms with van der Waals surface area (Å²) in [6.45, 7) is 1.94. The average Bonchev–Trinajstić information content (AvgIpc) is 3.10. The van der Waals surface area contributed by atoms with E-state index in [9.17, 15) is 9.59 Å². The van der Waals surface area contributed by atoms with E-state index in [-0.39, 0.29) is 11.9 Å². The zero-order valence-electron chi connectivity index (χ0n) is 15.9. The van der Waals surface area contributed by atoms with Crippen molar-refractivity contribution in [1.82, 2.24) is 0 Å². The molecule has 142 valence electrons. The Hall–Kier alpha value is -2.62. The molecule has 2 aromatic rings. The third-order valence-electron chi connectivity index (χ3n) is 5.50. The zero-order valence-corrected chi connectivity index (χ0v) is 15.9. The maximum atomic E-state index is 12.7. The summed E-state index contributed by atoms with van der Waals surface area (Å²) in [4.78, 5) is 25.4. The van der Waals surface area contributed by atoms with Crippen molar-refractivity contribution in [3.8, 4) is 0 Å². The maximum Gasteiger partial charge on any atom is 0.338 e. The van der Waals surface area contributed by atoms with Crippen molar-refractivity contribution in [3.63, 3.8) is 0 Å². The number of carbonyl (C=O) groups is 2. The molecule has 1 aliphatic rings. The van der Waals surface area contributed by atoms with Gasteiger partial charge < -0.3 is 9.47 Å². The van der Waals surface area contributed by atoms with Gasteiger partial charge in [-0.3, -0.25) is 4.79 Å². The van der Waals surface area contributed by atoms with Gasteiger partial charge in [-0.05, 0) is 56.7 Å². The van der Waals surface area contributed by atoms with Crippen LogP contribution in [-0.4, -0.2) is 25.2 Å². The number of benzene rings is 2. The standard InChI is InChI=1S/C23H26O4/c1-17-8-6-11-19(16-17)21(24)27-20-12-7-14-23(20,22(25)26-2)15-13-18-9-4-3-5-10-18/h3-6,8-11,16,20H,7,12-15H2,1-2H3. The second kappa shape index (κ2) is 8.38. The third-order valence-corrected chi connectivity index (χ3v) is 5.50. The van der Waals surface area contributed by atoms with Gasteiger partial charge in [-0.2, -0.15) is 0 Å². The normalized spacial score (nSPS) is 21.6. The minimum atomic E-state index is -0.774. The topological polar surface area (TPSA) is 52.6 Å². The number of rotatable bonds is 6. The lowest BCUT2D eigenvalue weighted by molar-refractivity contribution is -0.159. The number of aryl methyl sites for hydroxylation is 2. The highest BCUT2D eigenvalue weighted by atomic mass is 16.6. The smallest absolute Gasteiger partial charge is 0.338 e. The predicted molar refractivity (Wildman–Crippen MR) is 103 cm³/mol. The van der Waals surface area contributed by atoms with E-state index in [1.54, 1.807) is 12.1 Å². The molecule has 0 amide bonds. The SMILES string of the molecule is COC(=O)C1(CCc2ccccc2)CCCC1OC(=O)c1cccc(C)c1. The molecule has 4 heteroatoms. The molecule has 0 heterocycles. The molecular formula is C23H26O4. The summed E-state index contributed by atoms with van der Waals surface area (Å²) >= 11 is 0. The first kappa shape index (κ1) is 19.2. The van der Waals surface area contributed by atoms with Gasteiger partial charge in [0.2, 0.25) is 0 Å². The summed E-state index contributed by atoms with van der Waals surface area (Å²) in [6.07, 6.45) is 3.10. The van der Waals surface area contributed by atoms with Gasteiger partial charge in [0.05, 0.1) is 12.7 Å². The van der Waals surface area contributed by atoms with Gasteiger partial charge in [-0.15, -0.1) is 0 Å². The van der Waals surface area contributed by atoms with E-state index < -0.39 is 11.5 Å². The van der Waals surface area contributed by atoms with Crippen LogP contribution in [0.2, 0.25) is 0 Å². The second-order valence-electron chi connectivity index (χ2n) is 7.29. The van der Waals surface area contributed by atoms with E-state index in [1.807, 2.05) is 49.4 Å². The number of hydrogen-bond acceptors (Lipinski definition) is 4. The van der Waals surface area contributed by atoms with Gasteiger partial charge in [-0.25, -0.2) is 4.79 Å². The molecule has 4 nitrogen and oxygen atoms in total. The molecule has 1 aliphatic carbocycles. The summed E-state index contributed by atoms with van der Waals surface area (Å²) < 4.78 is 11.0. The van der Waals surface area contributed by atoms with Crippen molar-refractivity contribution in [1.29, 1.82) is 0 Å². The first-order valence-electron chi connectivity index (χ1n) is 9.45. The van der Waals surface area contributed by atoms with Gasteiger partial charge in [0.15, 0.2) is 0 Å². The maximum absolute atomic E-state index is 12.7. The van der Waals surface area contributed by atoms with Crippen molar-refractivity contribution >= 4 is 11.9 Å². The predicted octanol–water partition coefficient (Wildman–Crippen LogP) is 4.50. The molecule has 0 bridgehead atoms. The highest BCUT2D eigenvalue weighted by Crippen LogP contribution is 2.45. The molecule has 2 atom stereocenters. The lowest BCUT2D eigenvalue weighted by Gasteiger charge is -2.32. The van der Waals surface area contributed by atoms with Crippen LogP contribution in [0.3, 0.4) is 0 Å². The molecule has 0 aliphatic heterocycles. The second-order valence-corrected chi connectivity index (χ2v) is 7.29. The molecule has 0 spiro atoms. The van der Waals surface area contributed by atoms with Crippen LogP contribution in [0, 0.1) is 12.3 Å². The third kappa shape index (κ3) is 4.21. The van der Waals surface area contributed by atoms with Crippen LogP contribution in [0.5, 0.6) is 0 Å². The molecule has 1 fully saturated rings. The van der Waals surface area contributed by atoms with Gasteiger partial charge >= 0.3 is 11.9 Å². The lowest BCUT2D eigenvalue weighted by atomic mass is 9.78. The van der Waals surface area contributed by atoms with Crippen molar-refractivity contribution in [2.24, 2.45) is 5.41 Å². The highest BCUT2D eigenvalue weighted by Gasteiger charge is 2.51. The zero-order chi connectivity index (χ0) is 19.3. The molecule has 0 saturated heterocycles. The summed E-state index contributed by atoms with van der Waals surface area (Å²) in [5.41, 5.74) is 1.91. The lowest BCUT2D eigenvalue weighted by Crippen LogP contribution is -2.42. The van der Waals surface area contributed by atoms with Crippen LogP contribution in [0.15, 0.2) is 54.6 Å². The molecule has 3 rings (SSSR count). The minimum Gasteiger partial charge on any atom is -0.468 e. The Balaban J connectivity index is 1.79. The Kier molecular flexibility index (Phi) is 5.94. The van der Waals surface area contributed by atoms with Crippen LogP contribution < -0.4 is 0 Å². The van der Waals surface area contributed by atoms with Crippen molar-refractivity contribution in [2.45, 2.75) is 45.1 Å². The largest absolute Gasteiger partial charge is 0.468 e. The van der Waals surface area contributed by atoms with Gasteiger partial charge in [0.1, 0.15) is 11.5 Å². The van der Waals surface area contributed by atoms with E-state index in [4.69, 9.17) is 9.47 Å². The fourth-order valence-corrected chi connectivity index (χ4v) is 4.02. The van der Waals surface area contributed by atoms with Crippen molar-refractivity contribution < 1.29 is 19.1 Å². The van der Waals surface area contributed by atoms with Gasteiger partial charge in [-0.1, -0.05) is 48.0 Å². The van der Waals surface area contributed by atoms with Gasteiger partial charge in [0, 0.05) is 0 Å². The van der Waals surface area contributed by atoms with E-state index in [1.165, 1.54) is 7.11 Å². The Morgan fingerprint density at radius 1 is 1.11 bits per heavy atom. The molecule has 0 N–H and O–H groups in total. The quantitative estimate of drug-likeness (QED) is 0.707. The summed E-state index contributed by atoms with van der Waals surface area (Å²) in [7, 11) is 1.41. The van der Waals surface area contributed by atoms with Crippen LogP contribution in [0.1, 0.15) is 47.2 Å². The summed E-state index contributed by atoms with van der Waals surface area (Å²) in [5.74, 6) is -0.656. The molecular weight excluding hydrogens is 340 g/mol. The Morgan fingerprint density at radius 2 is 1.89 bits per heavy atom. The fraction of sp³-hybridized carbons (Fsp3) is 0.391. The van der Waals surface area contributed by atoms with Crippen molar-refractivity contribution in [2.75, 3.05) is 7.11 Å². The van der Waals surface area contributed by atoms with Gasteiger partial charge in [0.25, 0.3) is 0 Å². The average molecular weight is 366 g/mol. The first-order valence-corrected chi connectivity index (χ1v) is 9.45. The van der Waals surface area contributed by atoms with E-state index in [0.29, 0.717) is 24.8 Å². The molecule has 2 aromatic carbocycles. The number of esters is 2. The molecule has 0 aromatic heterocycles. The number of hydrogen-bond donors (Lipinski definition) is 0. The molecule has 27 heavy (non-hydrogen) atoms. The van der Waals surface area contributed by atoms with Crippen LogP contribution in [0.25, 0.3) is 0 Å². The van der Waals surface area contributed by atoms with Crippen molar-refractivity contribution in [3.05, 3.63) is 71.3 Å². The summed E-state index contributed by atoms with van der Waals surface area (Å²) in [5, 5.41) is 0. The monoisotopic (exact) mass is 366 g/mol. The number of carbonyl (C=O) groups excluding carboxylic acids is 2. The molecule has 0 radical (unpaired) electrons. The number of methoxy groups -OCH3 is 1. The van der Waals surface area contributed by atoms with Crippen LogP contribution in [0.4, 0.5) is 0 Å². The van der Waals surface area contributed by atoms with E-state index in [0.717, 1.165) is 24.0 Å².